The van der Waals surface area contributed by atoms with Crippen molar-refractivity contribution in [1.82, 2.24) is 0 Å². The maximum atomic E-state index is 11.8. The monoisotopic (exact) mass is 384 g/mol. The first kappa shape index (κ1) is 18.6. The van der Waals surface area contributed by atoms with Gasteiger partial charge < -0.3 is 9.64 Å². The van der Waals surface area contributed by atoms with E-state index in [9.17, 15) is 4.79 Å². The maximum Gasteiger partial charge on any atom is 0.429 e. The van der Waals surface area contributed by atoms with Crippen LogP contribution in [0.4, 0.5) is 16.2 Å². The molecule has 0 bridgehead atoms. The lowest BCUT2D eigenvalue weighted by atomic mass is 10.2. The second-order valence-corrected chi connectivity index (χ2v) is 7.19. The van der Waals surface area contributed by atoms with Crippen molar-refractivity contribution in [3.8, 4) is 0 Å². The number of anilines is 2. The molecule has 0 saturated heterocycles. The molecule has 2 aromatic rings. The average Bonchev–Trinajstić information content (AvgIpc) is 2.99. The molecule has 1 heterocycles. The van der Waals surface area contributed by atoms with Gasteiger partial charge in [0.1, 0.15) is 0 Å². The van der Waals surface area contributed by atoms with E-state index in [0.29, 0.717) is 12.1 Å². The standard InChI is InChI=1S/C17H18Cl2N2O2S/c1-3-4-11-23-17(22)21(19)14-7-5-13(6-8-14)20(2)12-15-9-10-16(18)24-15/h3,5-10H,1,4,11-12H2,2H3. The molecule has 0 aliphatic heterocycles. The third-order valence-corrected chi connectivity index (χ3v) is 4.80. The van der Waals surface area contributed by atoms with E-state index in [0.717, 1.165) is 21.0 Å². The van der Waals surface area contributed by atoms with Crippen LogP contribution in [0.3, 0.4) is 0 Å². The van der Waals surface area contributed by atoms with E-state index in [2.05, 4.69) is 11.5 Å². The van der Waals surface area contributed by atoms with Gasteiger partial charge in [-0.15, -0.1) is 17.9 Å². The topological polar surface area (TPSA) is 32.8 Å². The molecule has 0 fully saturated rings. The highest BCUT2D eigenvalue weighted by atomic mass is 35.5. The van der Waals surface area contributed by atoms with E-state index in [4.69, 9.17) is 28.1 Å². The summed E-state index contributed by atoms with van der Waals surface area (Å²) >= 11 is 13.5. The molecule has 1 aromatic carbocycles. The first-order chi connectivity index (χ1) is 11.5. The van der Waals surface area contributed by atoms with Crippen LogP contribution in [0.1, 0.15) is 11.3 Å². The number of thiophene rings is 1. The highest BCUT2D eigenvalue weighted by Crippen LogP contribution is 2.26. The summed E-state index contributed by atoms with van der Waals surface area (Å²) in [5, 5.41) is 0. The Labute approximate surface area is 156 Å². The van der Waals surface area contributed by atoms with Crippen LogP contribution in [0.15, 0.2) is 49.1 Å². The second-order valence-electron chi connectivity index (χ2n) is 5.05. The van der Waals surface area contributed by atoms with E-state index in [1.165, 1.54) is 4.88 Å². The molecule has 0 unspecified atom stereocenters. The molecular weight excluding hydrogens is 367 g/mol. The van der Waals surface area contributed by atoms with E-state index >= 15 is 0 Å². The summed E-state index contributed by atoms with van der Waals surface area (Å²) in [5.74, 6) is 0. The van der Waals surface area contributed by atoms with Gasteiger partial charge in [-0.3, -0.25) is 0 Å². The summed E-state index contributed by atoms with van der Waals surface area (Å²) in [6.07, 6.45) is 1.66. The molecule has 0 saturated carbocycles. The molecule has 1 amide bonds. The average molecular weight is 385 g/mol. The van der Waals surface area contributed by atoms with Crippen LogP contribution in [-0.4, -0.2) is 19.7 Å². The van der Waals surface area contributed by atoms with Crippen LogP contribution in [0.25, 0.3) is 0 Å². The summed E-state index contributed by atoms with van der Waals surface area (Å²) < 4.78 is 6.76. The van der Waals surface area contributed by atoms with Crippen molar-refractivity contribution in [2.45, 2.75) is 13.0 Å². The lowest BCUT2D eigenvalue weighted by molar-refractivity contribution is 0.160. The fourth-order valence-corrected chi connectivity index (χ4v) is 3.29. The molecule has 0 spiro atoms. The minimum Gasteiger partial charge on any atom is -0.448 e. The molecule has 0 N–H and O–H groups in total. The van der Waals surface area contributed by atoms with Gasteiger partial charge in [0.15, 0.2) is 0 Å². The van der Waals surface area contributed by atoms with Crippen LogP contribution in [0.2, 0.25) is 4.34 Å². The van der Waals surface area contributed by atoms with Gasteiger partial charge in [-0.05, 0) is 42.8 Å². The Morgan fingerprint density at radius 1 is 1.25 bits per heavy atom. The third kappa shape index (κ3) is 5.16. The van der Waals surface area contributed by atoms with Gasteiger partial charge >= 0.3 is 6.09 Å². The first-order valence-electron chi connectivity index (χ1n) is 7.30. The number of hydrogen-bond acceptors (Lipinski definition) is 4. The number of nitrogens with zero attached hydrogens (tertiary/aromatic N) is 2. The van der Waals surface area contributed by atoms with Crippen LogP contribution in [0, 0.1) is 0 Å². The van der Waals surface area contributed by atoms with Gasteiger partial charge in [-0.2, -0.15) is 4.42 Å². The Morgan fingerprint density at radius 2 is 1.92 bits per heavy atom. The van der Waals surface area contributed by atoms with Crippen molar-refractivity contribution >= 4 is 52.2 Å². The van der Waals surface area contributed by atoms with Crippen molar-refractivity contribution in [2.75, 3.05) is 23.0 Å². The number of benzene rings is 1. The predicted octanol–water partition coefficient (Wildman–Crippen LogP) is 5.71. The van der Waals surface area contributed by atoms with Crippen LogP contribution >= 0.6 is 34.7 Å². The lowest BCUT2D eigenvalue weighted by Gasteiger charge is -2.20. The second kappa shape index (κ2) is 8.97. The van der Waals surface area contributed by atoms with Crippen LogP contribution < -0.4 is 9.32 Å². The molecule has 7 heteroatoms. The van der Waals surface area contributed by atoms with E-state index < -0.39 is 6.09 Å². The van der Waals surface area contributed by atoms with Gasteiger partial charge in [-0.25, -0.2) is 4.79 Å². The summed E-state index contributed by atoms with van der Waals surface area (Å²) in [6.45, 7) is 4.58. The molecule has 4 nitrogen and oxygen atoms in total. The molecule has 0 atom stereocenters. The number of rotatable bonds is 7. The SMILES string of the molecule is C=CCCOC(=O)N(Cl)c1ccc(N(C)Cc2ccc(Cl)s2)cc1. The van der Waals surface area contributed by atoms with Gasteiger partial charge in [0.2, 0.25) is 0 Å². The quantitative estimate of drug-likeness (QED) is 0.348. The number of amides is 1. The highest BCUT2D eigenvalue weighted by Gasteiger charge is 2.15. The molecule has 0 aliphatic rings. The molecule has 0 aliphatic carbocycles. The Kier molecular flexibility index (Phi) is 6.97. The first-order valence-corrected chi connectivity index (χ1v) is 8.83. The number of carbonyl (C=O) groups excluding carboxylic acids is 1. The Morgan fingerprint density at radius 3 is 2.50 bits per heavy atom. The Balaban J connectivity index is 1.96. The van der Waals surface area contributed by atoms with Gasteiger partial charge in [0, 0.05) is 29.4 Å². The Bertz CT molecular complexity index is 688. The van der Waals surface area contributed by atoms with Crippen molar-refractivity contribution < 1.29 is 9.53 Å². The summed E-state index contributed by atoms with van der Waals surface area (Å²) in [4.78, 5) is 15.1. The fourth-order valence-electron chi connectivity index (χ4n) is 1.99. The van der Waals surface area contributed by atoms with E-state index in [1.807, 2.05) is 31.3 Å². The largest absolute Gasteiger partial charge is 0.448 e. The summed E-state index contributed by atoms with van der Waals surface area (Å²) in [7, 11) is 1.99. The predicted molar refractivity (Wildman–Crippen MR) is 102 cm³/mol. The number of halogens is 2. The number of carbonyl (C=O) groups is 1. The van der Waals surface area contributed by atoms with Gasteiger partial charge in [0.05, 0.1) is 23.2 Å². The minimum absolute atomic E-state index is 0.260. The van der Waals surface area contributed by atoms with E-state index in [-0.39, 0.29) is 6.61 Å². The number of ether oxygens (including phenoxy) is 1. The number of hydrogen-bond donors (Lipinski definition) is 0. The normalized spacial score (nSPS) is 10.3. The zero-order valence-corrected chi connectivity index (χ0v) is 15.6. The van der Waals surface area contributed by atoms with Crippen LogP contribution in [0.5, 0.6) is 0 Å². The molecule has 24 heavy (non-hydrogen) atoms. The maximum absolute atomic E-state index is 11.8. The zero-order valence-electron chi connectivity index (χ0n) is 13.2. The highest BCUT2D eigenvalue weighted by molar-refractivity contribution is 7.16. The molecule has 1 aromatic heterocycles. The van der Waals surface area contributed by atoms with Gasteiger partial charge in [0.25, 0.3) is 0 Å². The summed E-state index contributed by atoms with van der Waals surface area (Å²) in [6, 6.07) is 11.2. The zero-order chi connectivity index (χ0) is 17.5. The third-order valence-electron chi connectivity index (χ3n) is 3.25. The smallest absolute Gasteiger partial charge is 0.429 e. The molecule has 0 radical (unpaired) electrons. The Hall–Kier alpha value is -1.69. The van der Waals surface area contributed by atoms with Gasteiger partial charge in [-0.1, -0.05) is 17.7 Å². The minimum atomic E-state index is -0.604. The van der Waals surface area contributed by atoms with E-state index in [1.54, 1.807) is 29.5 Å². The van der Waals surface area contributed by atoms with Crippen LogP contribution in [-0.2, 0) is 11.3 Å². The molecule has 128 valence electrons. The lowest BCUT2D eigenvalue weighted by Crippen LogP contribution is -2.22. The molecular formula is C17H18Cl2N2O2S. The summed E-state index contributed by atoms with van der Waals surface area (Å²) in [5.41, 5.74) is 1.56. The fraction of sp³-hybridized carbons (Fsp3) is 0.235. The van der Waals surface area contributed by atoms with Crippen molar-refractivity contribution in [1.29, 1.82) is 0 Å². The van der Waals surface area contributed by atoms with Crippen molar-refractivity contribution in [3.05, 3.63) is 58.3 Å². The van der Waals surface area contributed by atoms with Crippen molar-refractivity contribution in [2.24, 2.45) is 0 Å². The molecule has 2 rings (SSSR count). The van der Waals surface area contributed by atoms with Crippen molar-refractivity contribution in [3.63, 3.8) is 0 Å².